The Hall–Kier alpha value is -3.45. The molecule has 0 aliphatic rings. The molecule has 0 saturated carbocycles. The second-order valence-corrected chi connectivity index (χ2v) is 6.50. The highest BCUT2D eigenvalue weighted by Crippen LogP contribution is 2.19. The van der Waals surface area contributed by atoms with E-state index in [0.717, 1.165) is 11.3 Å². The van der Waals surface area contributed by atoms with Crippen LogP contribution < -0.4 is 5.32 Å². The number of nitrogens with one attached hydrogen (secondary N) is 1. The lowest BCUT2D eigenvalue weighted by Crippen LogP contribution is -2.12. The number of amides is 1. The molecule has 1 N–H and O–H groups in total. The molecule has 7 nitrogen and oxygen atoms in total. The maximum absolute atomic E-state index is 12.2. The monoisotopic (exact) mass is 393 g/mol. The molecule has 0 fully saturated rings. The molecule has 0 saturated heterocycles. The lowest BCUT2D eigenvalue weighted by Gasteiger charge is -2.06. The summed E-state index contributed by atoms with van der Waals surface area (Å²) in [6, 6.07) is 16.5. The van der Waals surface area contributed by atoms with Gasteiger partial charge in [0.2, 0.25) is 17.6 Å². The zero-order valence-electron chi connectivity index (χ0n) is 14.7. The van der Waals surface area contributed by atoms with Gasteiger partial charge in [-0.1, -0.05) is 16.8 Å². The van der Waals surface area contributed by atoms with Crippen LogP contribution in [0, 0.1) is 0 Å². The average molecular weight is 394 g/mol. The predicted octanol–water partition coefficient (Wildman–Crippen LogP) is 4.15. The second-order valence-electron chi connectivity index (χ2n) is 6.06. The molecule has 8 heteroatoms. The highest BCUT2D eigenvalue weighted by molar-refractivity contribution is 6.30. The number of halogens is 1. The predicted molar refractivity (Wildman–Crippen MR) is 105 cm³/mol. The molecule has 1 amide bonds. The Morgan fingerprint density at radius 2 is 1.89 bits per heavy atom. The molecule has 0 unspecified atom stereocenters. The van der Waals surface area contributed by atoms with E-state index in [4.69, 9.17) is 16.1 Å². The zero-order chi connectivity index (χ0) is 19.3. The van der Waals surface area contributed by atoms with Gasteiger partial charge in [0.25, 0.3) is 0 Å². The molecular formula is C20H16ClN5O2. The Kier molecular flexibility index (Phi) is 5.16. The van der Waals surface area contributed by atoms with Crippen molar-refractivity contribution in [1.82, 2.24) is 19.9 Å². The largest absolute Gasteiger partial charge is 0.339 e. The smallest absolute Gasteiger partial charge is 0.227 e. The van der Waals surface area contributed by atoms with E-state index in [-0.39, 0.29) is 12.3 Å². The Morgan fingerprint density at radius 3 is 2.61 bits per heavy atom. The minimum atomic E-state index is -0.127. The van der Waals surface area contributed by atoms with Gasteiger partial charge in [-0.05, 0) is 54.6 Å². The van der Waals surface area contributed by atoms with Crippen molar-refractivity contribution in [2.24, 2.45) is 0 Å². The van der Waals surface area contributed by atoms with Gasteiger partial charge in [0, 0.05) is 41.5 Å². The van der Waals surface area contributed by atoms with Gasteiger partial charge in [-0.2, -0.15) is 10.1 Å². The van der Waals surface area contributed by atoms with Gasteiger partial charge in [-0.25, -0.2) is 4.68 Å². The lowest BCUT2D eigenvalue weighted by molar-refractivity contribution is -0.116. The lowest BCUT2D eigenvalue weighted by atomic mass is 10.2. The molecule has 2 heterocycles. The number of aromatic nitrogens is 4. The number of carbonyl (C=O) groups is 1. The molecule has 0 aliphatic carbocycles. The first-order chi connectivity index (χ1) is 13.7. The molecule has 28 heavy (non-hydrogen) atoms. The third kappa shape index (κ3) is 4.27. The molecule has 0 atom stereocenters. The van der Waals surface area contributed by atoms with Crippen LogP contribution in [-0.4, -0.2) is 25.8 Å². The van der Waals surface area contributed by atoms with Gasteiger partial charge in [0.05, 0.1) is 5.69 Å². The third-order valence-corrected chi connectivity index (χ3v) is 4.31. The van der Waals surface area contributed by atoms with Crippen molar-refractivity contribution >= 4 is 23.2 Å². The normalized spacial score (nSPS) is 10.8. The van der Waals surface area contributed by atoms with Crippen LogP contribution in [0.2, 0.25) is 5.02 Å². The van der Waals surface area contributed by atoms with E-state index in [1.165, 1.54) is 0 Å². The first-order valence-electron chi connectivity index (χ1n) is 8.66. The molecular weight excluding hydrogens is 378 g/mol. The van der Waals surface area contributed by atoms with E-state index < -0.39 is 0 Å². The van der Waals surface area contributed by atoms with E-state index in [0.29, 0.717) is 28.8 Å². The van der Waals surface area contributed by atoms with Gasteiger partial charge >= 0.3 is 0 Å². The fraction of sp³-hybridized carbons (Fsp3) is 0.100. The third-order valence-electron chi connectivity index (χ3n) is 4.06. The van der Waals surface area contributed by atoms with Crippen LogP contribution in [0.5, 0.6) is 0 Å². The van der Waals surface area contributed by atoms with Crippen molar-refractivity contribution < 1.29 is 9.32 Å². The number of rotatable bonds is 6. The van der Waals surface area contributed by atoms with E-state index in [1.54, 1.807) is 23.0 Å². The summed E-state index contributed by atoms with van der Waals surface area (Å²) in [7, 11) is 0. The van der Waals surface area contributed by atoms with Crippen molar-refractivity contribution in [2.75, 3.05) is 5.32 Å². The molecule has 0 bridgehead atoms. The summed E-state index contributed by atoms with van der Waals surface area (Å²) < 4.78 is 6.97. The minimum Gasteiger partial charge on any atom is -0.339 e. The standard InChI is InChI=1S/C20H16ClN5O2/c21-15-4-2-14(3-5-15)20-24-19(28-25-20)11-10-18(27)23-16-6-8-17(9-7-16)26-13-1-12-22-26/h1-9,12-13H,10-11H2,(H,23,27). The van der Waals surface area contributed by atoms with E-state index in [2.05, 4.69) is 20.6 Å². The van der Waals surface area contributed by atoms with Gasteiger partial charge in [0.1, 0.15) is 0 Å². The summed E-state index contributed by atoms with van der Waals surface area (Å²) in [5.41, 5.74) is 2.44. The maximum Gasteiger partial charge on any atom is 0.227 e. The number of benzene rings is 2. The minimum absolute atomic E-state index is 0.127. The van der Waals surface area contributed by atoms with Crippen LogP contribution in [0.4, 0.5) is 5.69 Å². The SMILES string of the molecule is O=C(CCc1nc(-c2ccc(Cl)cc2)no1)Nc1ccc(-n2cccn2)cc1. The fourth-order valence-electron chi connectivity index (χ4n) is 2.64. The van der Waals surface area contributed by atoms with E-state index in [9.17, 15) is 4.79 Å². The quantitative estimate of drug-likeness (QED) is 0.532. The van der Waals surface area contributed by atoms with Crippen LogP contribution >= 0.6 is 11.6 Å². The van der Waals surface area contributed by atoms with Crippen LogP contribution in [-0.2, 0) is 11.2 Å². The number of hydrogen-bond acceptors (Lipinski definition) is 5. The topological polar surface area (TPSA) is 85.8 Å². The van der Waals surface area contributed by atoms with Gasteiger partial charge in [-0.3, -0.25) is 4.79 Å². The Balaban J connectivity index is 1.31. The molecule has 0 aliphatic heterocycles. The second kappa shape index (κ2) is 8.06. The summed E-state index contributed by atoms with van der Waals surface area (Å²) in [5.74, 6) is 0.758. The average Bonchev–Trinajstić information content (AvgIpc) is 3.40. The summed E-state index contributed by atoms with van der Waals surface area (Å²) in [4.78, 5) is 16.5. The number of anilines is 1. The highest BCUT2D eigenvalue weighted by Gasteiger charge is 2.11. The van der Waals surface area contributed by atoms with Crippen LogP contribution in [0.1, 0.15) is 12.3 Å². The van der Waals surface area contributed by atoms with Crippen molar-refractivity contribution in [1.29, 1.82) is 0 Å². The summed E-state index contributed by atoms with van der Waals surface area (Å²) >= 11 is 5.88. The molecule has 4 rings (SSSR count). The van der Waals surface area contributed by atoms with Crippen LogP contribution in [0.25, 0.3) is 17.1 Å². The molecule has 4 aromatic rings. The van der Waals surface area contributed by atoms with Gasteiger partial charge in [0.15, 0.2) is 0 Å². The maximum atomic E-state index is 12.2. The fourth-order valence-corrected chi connectivity index (χ4v) is 2.76. The molecule has 140 valence electrons. The zero-order valence-corrected chi connectivity index (χ0v) is 15.5. The number of hydrogen-bond donors (Lipinski definition) is 1. The molecule has 2 aromatic carbocycles. The molecule has 0 radical (unpaired) electrons. The van der Waals surface area contributed by atoms with Crippen LogP contribution in [0.15, 0.2) is 71.5 Å². The van der Waals surface area contributed by atoms with Gasteiger partial charge < -0.3 is 9.84 Å². The summed E-state index contributed by atoms with van der Waals surface area (Å²) in [6.45, 7) is 0. The first-order valence-corrected chi connectivity index (χ1v) is 9.04. The van der Waals surface area contributed by atoms with E-state index in [1.807, 2.05) is 48.7 Å². The number of aryl methyl sites for hydroxylation is 1. The Bertz CT molecular complexity index is 1060. The Labute approximate surface area is 166 Å². The van der Waals surface area contributed by atoms with Crippen molar-refractivity contribution in [3.63, 3.8) is 0 Å². The van der Waals surface area contributed by atoms with E-state index >= 15 is 0 Å². The first kappa shape index (κ1) is 17.9. The number of nitrogens with zero attached hydrogens (tertiary/aromatic N) is 4. The highest BCUT2D eigenvalue weighted by atomic mass is 35.5. The van der Waals surface area contributed by atoms with Crippen molar-refractivity contribution in [2.45, 2.75) is 12.8 Å². The van der Waals surface area contributed by atoms with Gasteiger partial charge in [-0.15, -0.1) is 0 Å². The van der Waals surface area contributed by atoms with Crippen molar-refractivity contribution in [3.8, 4) is 17.1 Å². The van der Waals surface area contributed by atoms with Crippen molar-refractivity contribution in [3.05, 3.63) is 77.9 Å². The summed E-state index contributed by atoms with van der Waals surface area (Å²) in [6.07, 6.45) is 4.17. The number of carbonyl (C=O) groups excluding carboxylic acids is 1. The van der Waals surface area contributed by atoms with Crippen LogP contribution in [0.3, 0.4) is 0 Å². The summed E-state index contributed by atoms with van der Waals surface area (Å²) in [5, 5.41) is 11.6. The molecule has 0 spiro atoms. The Morgan fingerprint density at radius 1 is 1.11 bits per heavy atom. The molecule has 2 aromatic heterocycles.